The number of likely N-dealkylation sites (tertiary alicyclic amines) is 1. The molecule has 0 aromatic carbocycles. The first-order valence-electron chi connectivity index (χ1n) is 6.03. The quantitative estimate of drug-likeness (QED) is 0.771. The molecule has 0 radical (unpaired) electrons. The van der Waals surface area contributed by atoms with E-state index in [1.165, 1.54) is 6.17 Å². The number of aliphatic hydroxyl groups excluding tert-OH is 1. The van der Waals surface area contributed by atoms with Gasteiger partial charge in [0.25, 0.3) is 0 Å². The molecule has 1 N–H and O–H groups in total. The van der Waals surface area contributed by atoms with E-state index in [1.807, 2.05) is 0 Å². The molecular formula is C11H27NOSi2. The summed E-state index contributed by atoms with van der Waals surface area (Å²) in [4.78, 5) is 2.59. The second-order valence-corrected chi connectivity index (χ2v) is 18.0. The zero-order chi connectivity index (χ0) is 11.9. The number of aliphatic hydroxyl groups is 1. The highest BCUT2D eigenvalue weighted by Gasteiger charge is 2.42. The Morgan fingerprint density at radius 3 is 2.07 bits per heavy atom. The van der Waals surface area contributed by atoms with Crippen molar-refractivity contribution < 1.29 is 5.11 Å². The van der Waals surface area contributed by atoms with E-state index in [0.717, 1.165) is 13.0 Å². The van der Waals surface area contributed by atoms with Gasteiger partial charge in [0.15, 0.2) is 0 Å². The van der Waals surface area contributed by atoms with Crippen molar-refractivity contribution in [3.8, 4) is 0 Å². The summed E-state index contributed by atoms with van der Waals surface area (Å²) in [6.07, 6.45) is 2.17. The highest BCUT2D eigenvalue weighted by Crippen LogP contribution is 2.27. The molecule has 90 valence electrons. The first-order chi connectivity index (χ1) is 6.61. The largest absolute Gasteiger partial charge is 0.392 e. The molecule has 0 aromatic rings. The van der Waals surface area contributed by atoms with Crippen molar-refractivity contribution in [2.75, 3.05) is 12.7 Å². The molecule has 1 saturated heterocycles. The summed E-state index contributed by atoms with van der Waals surface area (Å²) in [5, 5.41) is 10.1. The molecule has 1 fully saturated rings. The molecule has 15 heavy (non-hydrogen) atoms. The molecule has 0 bridgehead atoms. The lowest BCUT2D eigenvalue weighted by molar-refractivity contribution is 0.157. The van der Waals surface area contributed by atoms with Crippen molar-refractivity contribution in [1.82, 2.24) is 4.90 Å². The second-order valence-electron chi connectivity index (χ2n) is 7.20. The fraction of sp³-hybridized carbons (Fsp3) is 1.00. The Balaban J connectivity index is 2.73. The molecule has 1 heterocycles. The molecule has 0 amide bonds. The first kappa shape index (κ1) is 13.4. The maximum absolute atomic E-state index is 10.1. The lowest BCUT2D eigenvalue weighted by Gasteiger charge is -2.38. The van der Waals surface area contributed by atoms with Gasteiger partial charge >= 0.3 is 0 Å². The minimum absolute atomic E-state index is 0.0620. The van der Waals surface area contributed by atoms with E-state index < -0.39 is 16.1 Å². The molecule has 1 aliphatic heterocycles. The van der Waals surface area contributed by atoms with Crippen LogP contribution in [-0.4, -0.2) is 50.6 Å². The Bertz CT molecular complexity index is 220. The molecule has 0 aromatic heterocycles. The van der Waals surface area contributed by atoms with Gasteiger partial charge in [0.1, 0.15) is 0 Å². The van der Waals surface area contributed by atoms with Crippen LogP contribution in [0.25, 0.3) is 0 Å². The van der Waals surface area contributed by atoms with Gasteiger partial charge in [0, 0.05) is 12.2 Å². The Morgan fingerprint density at radius 2 is 1.67 bits per heavy atom. The molecule has 0 spiro atoms. The van der Waals surface area contributed by atoms with E-state index in [1.54, 1.807) is 0 Å². The third-order valence-corrected chi connectivity index (χ3v) is 6.91. The number of rotatable bonds is 3. The Hall–Kier alpha value is 0.354. The van der Waals surface area contributed by atoms with E-state index in [0.29, 0.717) is 5.67 Å². The summed E-state index contributed by atoms with van der Waals surface area (Å²) < 4.78 is 0. The molecular weight excluding hydrogens is 218 g/mol. The summed E-state index contributed by atoms with van der Waals surface area (Å²) >= 11 is 0. The normalized spacial score (nSPS) is 29.8. The first-order valence-corrected chi connectivity index (χ1v) is 13.3. The van der Waals surface area contributed by atoms with Crippen molar-refractivity contribution in [2.45, 2.75) is 57.5 Å². The monoisotopic (exact) mass is 245 g/mol. The lowest BCUT2D eigenvalue weighted by Crippen LogP contribution is -2.55. The molecule has 4 heteroatoms. The minimum atomic E-state index is -1.25. The highest BCUT2D eigenvalue weighted by atomic mass is 28.3. The highest BCUT2D eigenvalue weighted by molar-refractivity contribution is 6.78. The molecule has 2 atom stereocenters. The maximum Gasteiger partial charge on any atom is 0.0680 e. The Labute approximate surface area is 96.7 Å². The zero-order valence-electron chi connectivity index (χ0n) is 11.2. The summed E-state index contributed by atoms with van der Waals surface area (Å²) in [6, 6.07) is 0. The van der Waals surface area contributed by atoms with Crippen LogP contribution in [0.3, 0.4) is 0 Å². The average molecular weight is 246 g/mol. The van der Waals surface area contributed by atoms with E-state index in [2.05, 4.69) is 44.2 Å². The maximum atomic E-state index is 10.1. The number of hydrogen-bond acceptors (Lipinski definition) is 2. The van der Waals surface area contributed by atoms with Crippen LogP contribution in [0.15, 0.2) is 0 Å². The lowest BCUT2D eigenvalue weighted by atomic mass is 10.3. The fourth-order valence-corrected chi connectivity index (χ4v) is 7.14. The van der Waals surface area contributed by atoms with Gasteiger partial charge in [-0.3, -0.25) is 0 Å². The van der Waals surface area contributed by atoms with E-state index in [4.69, 9.17) is 0 Å². The average Bonchev–Trinajstić information content (AvgIpc) is 2.25. The standard InChI is InChI=1S/C11H27NOSi2/c1-14(2,3)9-12-8-7-10(13)11(12)15(4,5)6/h10-11,13H,7-9H2,1-6H3/t10-,11?/m1/s1. The number of nitrogens with zero attached hydrogens (tertiary/aromatic N) is 1. The van der Waals surface area contributed by atoms with Crippen LogP contribution in [-0.2, 0) is 0 Å². The third kappa shape index (κ3) is 3.69. The van der Waals surface area contributed by atoms with Gasteiger partial charge in [0.05, 0.1) is 22.3 Å². The van der Waals surface area contributed by atoms with Crippen LogP contribution in [0.1, 0.15) is 6.42 Å². The molecule has 0 aliphatic carbocycles. The predicted octanol–water partition coefficient (Wildman–Crippen LogP) is 2.18. The van der Waals surface area contributed by atoms with Crippen LogP contribution < -0.4 is 0 Å². The third-order valence-electron chi connectivity index (χ3n) is 3.03. The summed E-state index contributed by atoms with van der Waals surface area (Å²) in [5.74, 6) is 0. The van der Waals surface area contributed by atoms with E-state index in [-0.39, 0.29) is 6.10 Å². The van der Waals surface area contributed by atoms with Crippen LogP contribution in [0.2, 0.25) is 39.3 Å². The van der Waals surface area contributed by atoms with Crippen LogP contribution in [0.4, 0.5) is 0 Å². The van der Waals surface area contributed by atoms with E-state index >= 15 is 0 Å². The Kier molecular flexibility index (Phi) is 3.86. The van der Waals surface area contributed by atoms with Gasteiger partial charge in [-0.25, -0.2) is 0 Å². The topological polar surface area (TPSA) is 23.5 Å². The molecule has 2 nitrogen and oxygen atoms in total. The zero-order valence-corrected chi connectivity index (χ0v) is 13.2. The summed E-state index contributed by atoms with van der Waals surface area (Å²) in [6.45, 7) is 15.5. The van der Waals surface area contributed by atoms with Crippen LogP contribution >= 0.6 is 0 Å². The van der Waals surface area contributed by atoms with Crippen molar-refractivity contribution in [3.63, 3.8) is 0 Å². The molecule has 1 aliphatic rings. The van der Waals surface area contributed by atoms with Gasteiger partial charge in [-0.1, -0.05) is 39.3 Å². The number of hydrogen-bond donors (Lipinski definition) is 1. The summed E-state index contributed by atoms with van der Waals surface area (Å²) in [5.41, 5.74) is 0.490. The van der Waals surface area contributed by atoms with Crippen molar-refractivity contribution >= 4 is 16.1 Å². The molecule has 0 saturated carbocycles. The smallest absolute Gasteiger partial charge is 0.0680 e. The molecule has 1 unspecified atom stereocenters. The van der Waals surface area contributed by atoms with E-state index in [9.17, 15) is 5.11 Å². The van der Waals surface area contributed by atoms with Gasteiger partial charge in [0.2, 0.25) is 0 Å². The van der Waals surface area contributed by atoms with Crippen molar-refractivity contribution in [1.29, 1.82) is 0 Å². The van der Waals surface area contributed by atoms with Gasteiger partial charge < -0.3 is 10.0 Å². The second kappa shape index (κ2) is 4.32. The van der Waals surface area contributed by atoms with Gasteiger partial charge in [-0.2, -0.15) is 0 Å². The van der Waals surface area contributed by atoms with Crippen molar-refractivity contribution in [3.05, 3.63) is 0 Å². The predicted molar refractivity (Wildman–Crippen MR) is 72.7 cm³/mol. The van der Waals surface area contributed by atoms with Crippen molar-refractivity contribution in [2.24, 2.45) is 0 Å². The SMILES string of the molecule is C[Si](C)(C)CN1CC[C@@H](O)C1[Si](C)(C)C. The van der Waals surface area contributed by atoms with Crippen LogP contribution in [0, 0.1) is 0 Å². The fourth-order valence-electron chi connectivity index (χ4n) is 2.75. The van der Waals surface area contributed by atoms with Gasteiger partial charge in [-0.15, -0.1) is 0 Å². The molecule has 1 rings (SSSR count). The minimum Gasteiger partial charge on any atom is -0.392 e. The van der Waals surface area contributed by atoms with Crippen LogP contribution in [0.5, 0.6) is 0 Å². The Morgan fingerprint density at radius 1 is 1.13 bits per heavy atom. The van der Waals surface area contributed by atoms with Gasteiger partial charge in [-0.05, 0) is 12.6 Å². The summed E-state index contributed by atoms with van der Waals surface area (Å²) in [7, 11) is -2.29.